The highest BCUT2D eigenvalue weighted by Crippen LogP contribution is 2.35. The number of nitrogens with one attached hydrogen (secondary N) is 1. The van der Waals surface area contributed by atoms with Crippen molar-refractivity contribution in [1.82, 2.24) is 9.97 Å². The van der Waals surface area contributed by atoms with Gasteiger partial charge in [0, 0.05) is 22.2 Å². The minimum absolute atomic E-state index is 0.411. The maximum atomic E-state index is 10.6. The first kappa shape index (κ1) is 8.85. The Kier molecular flexibility index (Phi) is 1.79. The van der Waals surface area contributed by atoms with Crippen molar-refractivity contribution >= 4 is 22.2 Å². The quantitative estimate of drug-likeness (QED) is 0.686. The molecular weight excluding hydrogens is 256 g/mol. The zero-order valence-corrected chi connectivity index (χ0v) is 9.34. The number of nitrogens with zero attached hydrogens (tertiary/aromatic N) is 1. The third-order valence-corrected chi connectivity index (χ3v) is 3.09. The molecule has 3 nitrogen and oxygen atoms in total. The number of imidazole rings is 1. The number of benzene rings is 1. The molecule has 1 aromatic heterocycles. The van der Waals surface area contributed by atoms with Gasteiger partial charge < -0.3 is 4.98 Å². The van der Waals surface area contributed by atoms with Gasteiger partial charge in [0.25, 0.3) is 0 Å². The summed E-state index contributed by atoms with van der Waals surface area (Å²) < 4.78 is 1.07. The number of H-pyrrole nitrogens is 1. The predicted molar refractivity (Wildman–Crippen MR) is 59.9 cm³/mol. The van der Waals surface area contributed by atoms with Crippen molar-refractivity contribution in [3.05, 3.63) is 39.8 Å². The molecule has 0 fully saturated rings. The Morgan fingerprint density at radius 1 is 1.47 bits per heavy atom. The van der Waals surface area contributed by atoms with Crippen molar-refractivity contribution in [3.8, 4) is 11.3 Å². The van der Waals surface area contributed by atoms with E-state index in [9.17, 15) is 4.79 Å². The summed E-state index contributed by atoms with van der Waals surface area (Å²) >= 11 is 3.44. The van der Waals surface area contributed by atoms with Crippen LogP contribution < -0.4 is 0 Å². The number of aldehydes is 1. The van der Waals surface area contributed by atoms with Gasteiger partial charge in [0.15, 0.2) is 12.1 Å². The average molecular weight is 263 g/mol. The molecule has 1 N–H and O–H groups in total. The maximum absolute atomic E-state index is 10.6. The van der Waals surface area contributed by atoms with Gasteiger partial charge in [-0.05, 0) is 17.7 Å². The van der Waals surface area contributed by atoms with Crippen molar-refractivity contribution in [2.75, 3.05) is 0 Å². The van der Waals surface area contributed by atoms with E-state index in [4.69, 9.17) is 0 Å². The highest BCUT2D eigenvalue weighted by Gasteiger charge is 2.22. The number of carbonyl (C=O) groups is 1. The van der Waals surface area contributed by atoms with Gasteiger partial charge in [-0.25, -0.2) is 4.98 Å². The second-order valence-electron chi connectivity index (χ2n) is 3.55. The molecule has 4 heteroatoms. The smallest absolute Gasteiger partial charge is 0.185 e. The zero-order valence-electron chi connectivity index (χ0n) is 7.75. The molecule has 15 heavy (non-hydrogen) atoms. The molecule has 0 unspecified atom stereocenters. The van der Waals surface area contributed by atoms with Crippen molar-refractivity contribution in [2.24, 2.45) is 0 Å². The Hall–Kier alpha value is -1.42. The van der Waals surface area contributed by atoms with Gasteiger partial charge in [-0.1, -0.05) is 22.0 Å². The summed E-state index contributed by atoms with van der Waals surface area (Å²) in [5.41, 5.74) is 4.32. The van der Waals surface area contributed by atoms with Crippen LogP contribution in [0.3, 0.4) is 0 Å². The summed E-state index contributed by atoms with van der Waals surface area (Å²) in [6.45, 7) is 0. The summed E-state index contributed by atoms with van der Waals surface area (Å²) in [4.78, 5) is 17.8. The van der Waals surface area contributed by atoms with E-state index in [1.807, 2.05) is 12.1 Å². The van der Waals surface area contributed by atoms with E-state index in [-0.39, 0.29) is 0 Å². The second-order valence-corrected chi connectivity index (χ2v) is 4.46. The van der Waals surface area contributed by atoms with E-state index in [2.05, 4.69) is 32.0 Å². The molecule has 1 aromatic carbocycles. The highest BCUT2D eigenvalue weighted by atomic mass is 79.9. The minimum Gasteiger partial charge on any atom is -0.339 e. The number of aromatic nitrogens is 2. The molecular formula is C11H7BrN2O. The molecule has 1 heterocycles. The lowest BCUT2D eigenvalue weighted by Gasteiger charge is -1.98. The number of hydrogen-bond donors (Lipinski definition) is 1. The van der Waals surface area contributed by atoms with Crippen LogP contribution in [0.5, 0.6) is 0 Å². The summed E-state index contributed by atoms with van der Waals surface area (Å²) in [6.07, 6.45) is 1.57. The van der Waals surface area contributed by atoms with Crippen LogP contribution in [0.25, 0.3) is 11.3 Å². The Morgan fingerprint density at radius 3 is 3.13 bits per heavy atom. The van der Waals surface area contributed by atoms with E-state index in [0.717, 1.165) is 34.1 Å². The number of hydrogen-bond acceptors (Lipinski definition) is 2. The molecule has 0 amide bonds. The summed E-state index contributed by atoms with van der Waals surface area (Å²) in [5, 5.41) is 0. The normalized spacial score (nSPS) is 12.3. The standard InChI is InChI=1S/C11H7BrN2O/c12-7-1-2-8-6(3-7)4-9-11(8)14-10(5-15)13-9/h1-3,5H,4H2,(H,13,14). The third kappa shape index (κ3) is 1.25. The van der Waals surface area contributed by atoms with Crippen LogP contribution in [0.1, 0.15) is 21.9 Å². The monoisotopic (exact) mass is 262 g/mol. The lowest BCUT2D eigenvalue weighted by atomic mass is 10.1. The highest BCUT2D eigenvalue weighted by molar-refractivity contribution is 9.10. The van der Waals surface area contributed by atoms with E-state index in [1.54, 1.807) is 0 Å². The van der Waals surface area contributed by atoms with Gasteiger partial charge in [-0.2, -0.15) is 0 Å². The van der Waals surface area contributed by atoms with Gasteiger partial charge in [-0.3, -0.25) is 4.79 Å². The Balaban J connectivity index is 2.21. The van der Waals surface area contributed by atoms with Crippen molar-refractivity contribution < 1.29 is 4.79 Å². The second kappa shape index (κ2) is 3.03. The summed E-state index contributed by atoms with van der Waals surface area (Å²) in [7, 11) is 0. The van der Waals surface area contributed by atoms with Crippen LogP contribution in [-0.2, 0) is 6.42 Å². The number of rotatable bonds is 1. The summed E-state index contributed by atoms with van der Waals surface area (Å²) in [5.74, 6) is 0.411. The van der Waals surface area contributed by atoms with Gasteiger partial charge >= 0.3 is 0 Å². The minimum atomic E-state index is 0.411. The lowest BCUT2D eigenvalue weighted by molar-refractivity contribution is 0.111. The first-order chi connectivity index (χ1) is 7.28. The SMILES string of the molecule is O=Cc1nc2c([nH]1)Cc1cc(Br)ccc1-2. The molecule has 0 saturated carbocycles. The van der Waals surface area contributed by atoms with Crippen LogP contribution in [0.4, 0.5) is 0 Å². The summed E-state index contributed by atoms with van der Waals surface area (Å²) in [6, 6.07) is 6.11. The fourth-order valence-corrected chi connectivity index (χ4v) is 2.37. The first-order valence-electron chi connectivity index (χ1n) is 4.61. The molecule has 3 rings (SSSR count). The number of fused-ring (bicyclic) bond motifs is 3. The van der Waals surface area contributed by atoms with E-state index < -0.39 is 0 Å². The first-order valence-corrected chi connectivity index (χ1v) is 5.40. The molecule has 0 saturated heterocycles. The fraction of sp³-hybridized carbons (Fsp3) is 0.0909. The average Bonchev–Trinajstić information content (AvgIpc) is 2.73. The molecule has 1 aliphatic carbocycles. The van der Waals surface area contributed by atoms with E-state index in [0.29, 0.717) is 5.82 Å². The fourth-order valence-electron chi connectivity index (χ4n) is 1.97. The van der Waals surface area contributed by atoms with Gasteiger partial charge in [0.1, 0.15) is 0 Å². The molecule has 74 valence electrons. The van der Waals surface area contributed by atoms with Gasteiger partial charge in [0.2, 0.25) is 0 Å². The van der Waals surface area contributed by atoms with E-state index in [1.165, 1.54) is 5.56 Å². The van der Waals surface area contributed by atoms with Gasteiger partial charge in [-0.15, -0.1) is 0 Å². The molecule has 0 aliphatic heterocycles. The van der Waals surface area contributed by atoms with Gasteiger partial charge in [0.05, 0.1) is 5.69 Å². The van der Waals surface area contributed by atoms with Crippen LogP contribution in [-0.4, -0.2) is 16.3 Å². The topological polar surface area (TPSA) is 45.8 Å². The lowest BCUT2D eigenvalue weighted by Crippen LogP contribution is -1.87. The molecule has 0 spiro atoms. The predicted octanol–water partition coefficient (Wildman–Crippen LogP) is 2.56. The van der Waals surface area contributed by atoms with Crippen molar-refractivity contribution in [2.45, 2.75) is 6.42 Å². The van der Waals surface area contributed by atoms with E-state index >= 15 is 0 Å². The number of halogens is 1. The molecule has 1 aliphatic rings. The van der Waals surface area contributed by atoms with Crippen LogP contribution in [0.15, 0.2) is 22.7 Å². The van der Waals surface area contributed by atoms with Crippen LogP contribution >= 0.6 is 15.9 Å². The zero-order chi connectivity index (χ0) is 10.4. The third-order valence-electron chi connectivity index (χ3n) is 2.60. The van der Waals surface area contributed by atoms with Crippen molar-refractivity contribution in [1.29, 1.82) is 0 Å². The Bertz CT molecular complexity index is 560. The van der Waals surface area contributed by atoms with Crippen molar-refractivity contribution in [3.63, 3.8) is 0 Å². The van der Waals surface area contributed by atoms with Crippen LogP contribution in [0.2, 0.25) is 0 Å². The molecule has 2 aromatic rings. The number of aromatic amines is 1. The maximum Gasteiger partial charge on any atom is 0.185 e. The Morgan fingerprint density at radius 2 is 2.33 bits per heavy atom. The largest absolute Gasteiger partial charge is 0.339 e. The van der Waals surface area contributed by atoms with Crippen LogP contribution in [0, 0.1) is 0 Å². The molecule has 0 atom stereocenters. The molecule has 0 bridgehead atoms. The Labute approximate surface area is 94.7 Å². The molecule has 0 radical (unpaired) electrons. The number of carbonyl (C=O) groups excluding carboxylic acids is 1.